The van der Waals surface area contributed by atoms with Gasteiger partial charge in [0.1, 0.15) is 23.5 Å². The van der Waals surface area contributed by atoms with Crippen LogP contribution in [0.4, 0.5) is 0 Å². The molecular weight excluding hydrogens is 614 g/mol. The maximum Gasteiger partial charge on any atom is 0.230 e. The normalized spacial score (nSPS) is 38.0. The highest BCUT2D eigenvalue weighted by Gasteiger charge is 2.80. The number of Topliss-reactive ketones (excluding diaryl/α,β-unsaturated/α-hetero) is 2. The predicted octanol–water partition coefficient (Wildman–Crippen LogP) is 3.51. The third-order valence-electron chi connectivity index (χ3n) is 13.2. The molecule has 4 aliphatic rings. The van der Waals surface area contributed by atoms with E-state index in [4.69, 9.17) is 10.5 Å². The molecule has 7 N–H and O–H groups in total. The first-order valence-electron chi connectivity index (χ1n) is 17.2. The van der Waals surface area contributed by atoms with Gasteiger partial charge in [-0.1, -0.05) is 72.4 Å². The lowest BCUT2D eigenvalue weighted by Crippen LogP contribution is -2.83. The summed E-state index contributed by atoms with van der Waals surface area (Å²) in [6.45, 7) is 8.37. The number of aliphatic hydroxyl groups is 4. The van der Waals surface area contributed by atoms with E-state index in [2.05, 4.69) is 6.07 Å². The fraction of sp³-hybridized carbons (Fsp3) is 0.605. The second kappa shape index (κ2) is 11.6. The van der Waals surface area contributed by atoms with Gasteiger partial charge < -0.3 is 36.0 Å². The van der Waals surface area contributed by atoms with Gasteiger partial charge in [-0.3, -0.25) is 14.4 Å². The van der Waals surface area contributed by atoms with Gasteiger partial charge in [0.15, 0.2) is 17.2 Å². The van der Waals surface area contributed by atoms with Gasteiger partial charge in [-0.15, -0.1) is 0 Å². The first-order valence-corrected chi connectivity index (χ1v) is 17.2. The van der Waals surface area contributed by atoms with Crippen molar-refractivity contribution in [2.24, 2.45) is 46.2 Å². The van der Waals surface area contributed by atoms with Gasteiger partial charge in [0.2, 0.25) is 5.91 Å². The summed E-state index contributed by atoms with van der Waals surface area (Å²) < 4.78 is 5.71. The van der Waals surface area contributed by atoms with Crippen LogP contribution in [0.2, 0.25) is 0 Å². The van der Waals surface area contributed by atoms with E-state index in [1.165, 1.54) is 25.8 Å². The average molecular weight is 664 g/mol. The summed E-state index contributed by atoms with van der Waals surface area (Å²) in [5, 5.41) is 59.9. The highest BCUT2D eigenvalue weighted by molar-refractivity contribution is 6.10. The Balaban J connectivity index is 1.56. The van der Waals surface area contributed by atoms with Crippen molar-refractivity contribution in [2.75, 3.05) is 7.11 Å². The SMILES string of the molecule is COc1ccc(-c2ccc(O)c3c2[C@@H](C)[C@@]2(C)[C@H](C3=O)C(O)[C@@]3(O)C(=O)[C@H](C(N)=O)C(O)[C@H](C(C)C)[C@@]3(C)[C@@H]2O)cc1CC1CCCC1. The van der Waals surface area contributed by atoms with Crippen LogP contribution in [-0.4, -0.2) is 74.0 Å². The Morgan fingerprint density at radius 2 is 1.71 bits per heavy atom. The molecule has 6 rings (SSSR count). The quantitative estimate of drug-likeness (QED) is 0.252. The summed E-state index contributed by atoms with van der Waals surface area (Å²) >= 11 is 0. The molecule has 0 bridgehead atoms. The predicted molar refractivity (Wildman–Crippen MR) is 177 cm³/mol. The molecule has 0 radical (unpaired) electrons. The third kappa shape index (κ3) is 4.34. The molecule has 10 heteroatoms. The molecular formula is C38H49NO9. The van der Waals surface area contributed by atoms with Crippen molar-refractivity contribution >= 4 is 17.5 Å². The van der Waals surface area contributed by atoms with Crippen molar-refractivity contribution in [3.63, 3.8) is 0 Å². The van der Waals surface area contributed by atoms with E-state index in [1.54, 1.807) is 33.9 Å². The van der Waals surface area contributed by atoms with E-state index < -0.39 is 81.8 Å². The van der Waals surface area contributed by atoms with Crippen LogP contribution in [0.25, 0.3) is 11.1 Å². The van der Waals surface area contributed by atoms with Crippen molar-refractivity contribution in [1.82, 2.24) is 0 Å². The van der Waals surface area contributed by atoms with Crippen molar-refractivity contribution in [3.8, 4) is 22.6 Å². The summed E-state index contributed by atoms with van der Waals surface area (Å²) in [6, 6.07) is 9.02. The smallest absolute Gasteiger partial charge is 0.230 e. The van der Waals surface area contributed by atoms with Crippen LogP contribution in [0.3, 0.4) is 0 Å². The average Bonchev–Trinajstić information content (AvgIpc) is 3.54. The highest BCUT2D eigenvalue weighted by Crippen LogP contribution is 2.68. The monoisotopic (exact) mass is 663 g/mol. The zero-order valence-electron chi connectivity index (χ0n) is 28.6. The molecule has 0 spiro atoms. The summed E-state index contributed by atoms with van der Waals surface area (Å²) in [5.41, 5.74) is 2.26. The lowest BCUT2D eigenvalue weighted by Gasteiger charge is -2.69. The Bertz CT molecular complexity index is 1670. The fourth-order valence-corrected chi connectivity index (χ4v) is 10.7. The molecule has 0 saturated heterocycles. The number of ether oxygens (including phenoxy) is 1. The molecule has 260 valence electrons. The van der Waals surface area contributed by atoms with E-state index in [9.17, 15) is 39.9 Å². The van der Waals surface area contributed by atoms with Crippen LogP contribution in [0.5, 0.6) is 11.5 Å². The Labute approximate surface area is 281 Å². The van der Waals surface area contributed by atoms with Gasteiger partial charge in [-0.05, 0) is 70.5 Å². The van der Waals surface area contributed by atoms with E-state index in [0.717, 1.165) is 36.1 Å². The van der Waals surface area contributed by atoms with Crippen LogP contribution in [0.15, 0.2) is 30.3 Å². The summed E-state index contributed by atoms with van der Waals surface area (Å²) in [5.74, 6) is -7.85. The second-order valence-corrected chi connectivity index (χ2v) is 15.6. The van der Waals surface area contributed by atoms with Gasteiger partial charge in [0.05, 0.1) is 30.8 Å². The number of fused-ring (bicyclic) bond motifs is 3. The number of hydrogen-bond acceptors (Lipinski definition) is 9. The van der Waals surface area contributed by atoms with Crippen molar-refractivity contribution in [3.05, 3.63) is 47.0 Å². The zero-order valence-corrected chi connectivity index (χ0v) is 28.6. The van der Waals surface area contributed by atoms with Crippen molar-refractivity contribution < 1.29 is 44.7 Å². The summed E-state index contributed by atoms with van der Waals surface area (Å²) in [7, 11) is 1.64. The maximum atomic E-state index is 14.7. The number of amides is 1. The standard InChI is InChI=1S/C38H49NO9/c1-17(2)28-31(42)27(34(39)45)32(43)38(47)33(44)29-30(41)26-23(40)13-12-22(25(26)18(3)36(29,4)35(46)37(28,38)5)20-11-14-24(48-6)21(16-20)15-19-9-7-8-10-19/h11-14,16-19,27-29,31,33,35,40,42,44,46-47H,7-10,15H2,1-6H3,(H2,39,45)/t18-,27-,28+,29-,31?,33?,35-,36+,37+,38+/m1/s1. The number of carbonyl (C=O) groups is 3. The minimum atomic E-state index is -2.82. The fourth-order valence-electron chi connectivity index (χ4n) is 10.7. The van der Waals surface area contributed by atoms with Gasteiger partial charge in [-0.2, -0.15) is 0 Å². The number of aliphatic hydroxyl groups excluding tert-OH is 3. The third-order valence-corrected chi connectivity index (χ3v) is 13.2. The van der Waals surface area contributed by atoms with Crippen molar-refractivity contribution in [2.45, 2.75) is 96.6 Å². The van der Waals surface area contributed by atoms with Crippen LogP contribution in [0, 0.1) is 40.4 Å². The molecule has 1 amide bonds. The number of nitrogens with two attached hydrogens (primary N) is 1. The molecule has 4 aliphatic carbocycles. The number of carbonyl (C=O) groups excluding carboxylic acids is 3. The number of benzene rings is 2. The number of rotatable bonds is 6. The van der Waals surface area contributed by atoms with Crippen LogP contribution < -0.4 is 10.5 Å². The minimum Gasteiger partial charge on any atom is -0.507 e. The molecule has 2 unspecified atom stereocenters. The first kappa shape index (κ1) is 34.5. The molecule has 0 aromatic heterocycles. The molecule has 2 aromatic rings. The van der Waals surface area contributed by atoms with Crippen molar-refractivity contribution in [1.29, 1.82) is 0 Å². The van der Waals surface area contributed by atoms with Gasteiger partial charge in [0, 0.05) is 10.8 Å². The number of phenols is 1. The Kier molecular flexibility index (Phi) is 8.38. The van der Waals surface area contributed by atoms with E-state index in [0.29, 0.717) is 17.0 Å². The Morgan fingerprint density at radius 1 is 1.06 bits per heavy atom. The summed E-state index contributed by atoms with van der Waals surface area (Å²) in [4.78, 5) is 41.2. The second-order valence-electron chi connectivity index (χ2n) is 15.6. The topological polar surface area (TPSA) is 188 Å². The molecule has 2 aromatic carbocycles. The van der Waals surface area contributed by atoms with Gasteiger partial charge in [-0.25, -0.2) is 0 Å². The largest absolute Gasteiger partial charge is 0.507 e. The Morgan fingerprint density at radius 3 is 2.29 bits per heavy atom. The molecule has 0 heterocycles. The van der Waals surface area contributed by atoms with Crippen LogP contribution >= 0.6 is 0 Å². The van der Waals surface area contributed by atoms with E-state index in [-0.39, 0.29) is 11.3 Å². The molecule has 48 heavy (non-hydrogen) atoms. The number of phenolic OH excluding ortho intramolecular Hbond substituents is 1. The number of hydrogen-bond donors (Lipinski definition) is 6. The van der Waals surface area contributed by atoms with Crippen LogP contribution in [-0.2, 0) is 16.0 Å². The zero-order chi connectivity index (χ0) is 35.2. The highest BCUT2D eigenvalue weighted by atomic mass is 16.5. The molecule has 0 aliphatic heterocycles. The number of primary amides is 1. The summed E-state index contributed by atoms with van der Waals surface area (Å²) in [6.07, 6.45) is 0.143. The molecule has 10 nitrogen and oxygen atoms in total. The lowest BCUT2D eigenvalue weighted by molar-refractivity contribution is -0.306. The van der Waals surface area contributed by atoms with E-state index in [1.807, 2.05) is 19.1 Å². The molecule has 3 saturated carbocycles. The number of methoxy groups -OCH3 is 1. The lowest BCUT2D eigenvalue weighted by atomic mass is 9.36. The van der Waals surface area contributed by atoms with Gasteiger partial charge >= 0.3 is 0 Å². The van der Waals surface area contributed by atoms with Crippen LogP contribution in [0.1, 0.15) is 87.7 Å². The van der Waals surface area contributed by atoms with E-state index >= 15 is 0 Å². The number of aromatic hydroxyl groups is 1. The maximum absolute atomic E-state index is 14.7. The first-order chi connectivity index (χ1) is 22.5. The minimum absolute atomic E-state index is 0.0516. The Hall–Kier alpha value is -3.31. The van der Waals surface area contributed by atoms with Gasteiger partial charge in [0.25, 0.3) is 0 Å². The number of ketones is 2. The molecule has 10 atom stereocenters. The molecule has 3 fully saturated rings.